The molecule has 1 heterocycles. The summed E-state index contributed by atoms with van der Waals surface area (Å²) in [5.74, 6) is -0.0965. The molecule has 1 aliphatic heterocycles. The molecule has 2 nitrogen and oxygen atoms in total. The Bertz CT molecular complexity index is 361. The fourth-order valence-corrected chi connectivity index (χ4v) is 2.56. The molecule has 0 aromatic heterocycles. The van der Waals surface area contributed by atoms with E-state index in [2.05, 4.69) is 24.2 Å². The van der Waals surface area contributed by atoms with Crippen molar-refractivity contribution in [1.29, 1.82) is 0 Å². The van der Waals surface area contributed by atoms with Gasteiger partial charge in [-0.2, -0.15) is 0 Å². The smallest absolute Gasteiger partial charge is 0.127 e. The molecule has 0 bridgehead atoms. The van der Waals surface area contributed by atoms with Gasteiger partial charge in [-0.15, -0.1) is 0 Å². The summed E-state index contributed by atoms with van der Waals surface area (Å²) in [5.41, 5.74) is 0.800. The Morgan fingerprint density at radius 1 is 1.29 bits per heavy atom. The van der Waals surface area contributed by atoms with Gasteiger partial charge in [0.1, 0.15) is 5.82 Å². The first-order valence-corrected chi connectivity index (χ1v) is 6.37. The van der Waals surface area contributed by atoms with Gasteiger partial charge >= 0.3 is 0 Å². The molecule has 1 atom stereocenters. The van der Waals surface area contributed by atoms with Crippen LogP contribution in [0.15, 0.2) is 24.3 Å². The second-order valence-corrected chi connectivity index (χ2v) is 4.84. The van der Waals surface area contributed by atoms with Gasteiger partial charge < -0.3 is 5.32 Å². The lowest BCUT2D eigenvalue weighted by Crippen LogP contribution is -2.42. The minimum atomic E-state index is -0.0965. The van der Waals surface area contributed by atoms with Crippen molar-refractivity contribution in [1.82, 2.24) is 10.2 Å². The molecular weight excluding hydrogens is 215 g/mol. The van der Waals surface area contributed by atoms with Crippen LogP contribution in [0.5, 0.6) is 0 Å². The molecule has 17 heavy (non-hydrogen) atoms. The van der Waals surface area contributed by atoms with E-state index in [-0.39, 0.29) is 11.9 Å². The highest BCUT2D eigenvalue weighted by atomic mass is 19.1. The van der Waals surface area contributed by atoms with Crippen molar-refractivity contribution < 1.29 is 4.39 Å². The number of piperidine rings is 1. The van der Waals surface area contributed by atoms with E-state index in [1.54, 1.807) is 12.1 Å². The van der Waals surface area contributed by atoms with Gasteiger partial charge in [-0.05, 0) is 46.0 Å². The van der Waals surface area contributed by atoms with Gasteiger partial charge in [-0.1, -0.05) is 18.2 Å². The Morgan fingerprint density at radius 2 is 1.94 bits per heavy atom. The van der Waals surface area contributed by atoms with Crippen molar-refractivity contribution in [2.45, 2.75) is 31.8 Å². The monoisotopic (exact) mass is 236 g/mol. The third-order valence-corrected chi connectivity index (χ3v) is 3.85. The highest BCUT2D eigenvalue weighted by Crippen LogP contribution is 2.25. The van der Waals surface area contributed by atoms with Gasteiger partial charge in [0.25, 0.3) is 0 Å². The minimum absolute atomic E-state index is 0.0965. The summed E-state index contributed by atoms with van der Waals surface area (Å²) in [4.78, 5) is 2.30. The normalized spacial score (nSPS) is 19.5. The summed E-state index contributed by atoms with van der Waals surface area (Å²) >= 11 is 0. The maximum atomic E-state index is 13.7. The zero-order valence-electron chi connectivity index (χ0n) is 10.6. The van der Waals surface area contributed by atoms with Crippen molar-refractivity contribution in [2.24, 2.45) is 0 Å². The Balaban J connectivity index is 2.08. The van der Waals surface area contributed by atoms with Crippen LogP contribution in [-0.2, 0) is 0 Å². The Labute approximate surface area is 103 Å². The van der Waals surface area contributed by atoms with Crippen LogP contribution < -0.4 is 5.32 Å². The van der Waals surface area contributed by atoms with Gasteiger partial charge in [0.15, 0.2) is 0 Å². The molecule has 1 fully saturated rings. The Kier molecular flexibility index (Phi) is 4.13. The van der Waals surface area contributed by atoms with E-state index in [0.717, 1.165) is 31.5 Å². The molecule has 0 saturated carbocycles. The zero-order valence-corrected chi connectivity index (χ0v) is 10.6. The molecular formula is C14H21FN2. The first-order chi connectivity index (χ1) is 8.20. The topological polar surface area (TPSA) is 15.3 Å². The molecule has 0 aliphatic carbocycles. The van der Waals surface area contributed by atoms with Crippen molar-refractivity contribution in [3.63, 3.8) is 0 Å². The maximum Gasteiger partial charge on any atom is 0.127 e. The van der Waals surface area contributed by atoms with E-state index in [1.165, 1.54) is 0 Å². The van der Waals surface area contributed by atoms with Crippen molar-refractivity contribution in [3.8, 4) is 0 Å². The third-order valence-electron chi connectivity index (χ3n) is 3.85. The minimum Gasteiger partial charge on any atom is -0.317 e. The number of halogens is 1. The van der Waals surface area contributed by atoms with Crippen LogP contribution in [0, 0.1) is 5.82 Å². The molecule has 1 N–H and O–H groups in total. The lowest BCUT2D eigenvalue weighted by molar-refractivity contribution is 0.150. The summed E-state index contributed by atoms with van der Waals surface area (Å²) in [6.45, 7) is 4.22. The number of nitrogens with one attached hydrogen (secondary N) is 1. The number of hydrogen-bond acceptors (Lipinski definition) is 2. The third kappa shape index (κ3) is 2.85. The summed E-state index contributed by atoms with van der Waals surface area (Å²) in [6.07, 6.45) is 2.30. The molecule has 1 saturated heterocycles. The second-order valence-electron chi connectivity index (χ2n) is 4.84. The van der Waals surface area contributed by atoms with Crippen LogP contribution in [0.1, 0.15) is 31.4 Å². The molecule has 1 aromatic carbocycles. The molecule has 1 aromatic rings. The number of hydrogen-bond donors (Lipinski definition) is 1. The van der Waals surface area contributed by atoms with Crippen molar-refractivity contribution >= 4 is 0 Å². The highest BCUT2D eigenvalue weighted by molar-refractivity contribution is 5.20. The summed E-state index contributed by atoms with van der Waals surface area (Å²) < 4.78 is 13.7. The van der Waals surface area contributed by atoms with E-state index >= 15 is 0 Å². The van der Waals surface area contributed by atoms with Gasteiger partial charge in [-0.3, -0.25) is 4.90 Å². The van der Waals surface area contributed by atoms with Crippen LogP contribution in [0.3, 0.4) is 0 Å². The van der Waals surface area contributed by atoms with Crippen molar-refractivity contribution in [3.05, 3.63) is 35.6 Å². The lowest BCUT2D eigenvalue weighted by Gasteiger charge is -2.36. The Morgan fingerprint density at radius 3 is 2.59 bits per heavy atom. The van der Waals surface area contributed by atoms with Crippen LogP contribution in [0.4, 0.5) is 4.39 Å². The van der Waals surface area contributed by atoms with E-state index in [4.69, 9.17) is 0 Å². The number of rotatable bonds is 3. The van der Waals surface area contributed by atoms with Crippen LogP contribution in [0.2, 0.25) is 0 Å². The average molecular weight is 236 g/mol. The fourth-order valence-electron chi connectivity index (χ4n) is 2.56. The second kappa shape index (κ2) is 5.61. The molecule has 1 unspecified atom stereocenters. The van der Waals surface area contributed by atoms with E-state index in [0.29, 0.717) is 6.04 Å². The fraction of sp³-hybridized carbons (Fsp3) is 0.571. The maximum absolute atomic E-state index is 13.7. The molecule has 94 valence electrons. The number of nitrogens with zero attached hydrogens (tertiary/aromatic N) is 1. The molecule has 2 rings (SSSR count). The van der Waals surface area contributed by atoms with E-state index in [9.17, 15) is 4.39 Å². The largest absolute Gasteiger partial charge is 0.317 e. The summed E-state index contributed by atoms with van der Waals surface area (Å²) in [6, 6.07) is 7.78. The SMILES string of the molecule is CC(c1ccccc1F)N(C)C1CCNCC1. The average Bonchev–Trinajstić information content (AvgIpc) is 2.39. The standard InChI is InChI=1S/C14H21FN2/c1-11(13-5-3-4-6-14(13)15)17(2)12-7-9-16-10-8-12/h3-6,11-12,16H,7-10H2,1-2H3. The predicted molar refractivity (Wildman–Crippen MR) is 68.5 cm³/mol. The van der Waals surface area contributed by atoms with Crippen LogP contribution >= 0.6 is 0 Å². The quantitative estimate of drug-likeness (QED) is 0.867. The lowest BCUT2D eigenvalue weighted by atomic mass is 10.00. The highest BCUT2D eigenvalue weighted by Gasteiger charge is 2.23. The van der Waals surface area contributed by atoms with Crippen molar-refractivity contribution in [2.75, 3.05) is 20.1 Å². The van der Waals surface area contributed by atoms with Crippen LogP contribution in [-0.4, -0.2) is 31.1 Å². The summed E-state index contributed by atoms with van der Waals surface area (Å²) in [5, 5.41) is 3.36. The summed E-state index contributed by atoms with van der Waals surface area (Å²) in [7, 11) is 2.10. The van der Waals surface area contributed by atoms with E-state index in [1.807, 2.05) is 12.1 Å². The first-order valence-electron chi connectivity index (χ1n) is 6.37. The molecule has 1 aliphatic rings. The predicted octanol–water partition coefficient (Wildman–Crippen LogP) is 2.57. The molecule has 3 heteroatoms. The number of benzene rings is 1. The zero-order chi connectivity index (χ0) is 12.3. The van der Waals surface area contributed by atoms with E-state index < -0.39 is 0 Å². The van der Waals surface area contributed by atoms with Gasteiger partial charge in [-0.25, -0.2) is 4.39 Å². The first kappa shape index (κ1) is 12.5. The Hall–Kier alpha value is -0.930. The molecule has 0 spiro atoms. The molecule has 0 amide bonds. The van der Waals surface area contributed by atoms with Crippen LogP contribution in [0.25, 0.3) is 0 Å². The molecule has 0 radical (unpaired) electrons. The van der Waals surface area contributed by atoms with Gasteiger partial charge in [0.2, 0.25) is 0 Å². The van der Waals surface area contributed by atoms with Gasteiger partial charge in [0, 0.05) is 17.6 Å². The van der Waals surface area contributed by atoms with Gasteiger partial charge in [0.05, 0.1) is 0 Å².